The molecule has 1 fully saturated rings. The molecule has 4 aromatic rings. The number of aromatic nitrogens is 3. The van der Waals surface area contributed by atoms with Crippen LogP contribution in [0.25, 0.3) is 22.4 Å². The van der Waals surface area contributed by atoms with Gasteiger partial charge in [0.2, 0.25) is 0 Å². The molecule has 3 aromatic heterocycles. The lowest BCUT2D eigenvalue weighted by atomic mass is 9.97. The van der Waals surface area contributed by atoms with E-state index in [0.717, 1.165) is 30.0 Å². The third kappa shape index (κ3) is 3.31. The summed E-state index contributed by atoms with van der Waals surface area (Å²) < 4.78 is 5.43. The molecule has 4 heterocycles. The van der Waals surface area contributed by atoms with E-state index in [4.69, 9.17) is 4.52 Å². The maximum atomic E-state index is 13.6. The number of rotatable bonds is 3. The Balaban J connectivity index is 1.54. The first kappa shape index (κ1) is 18.0. The Morgan fingerprint density at radius 2 is 2.14 bits per heavy atom. The van der Waals surface area contributed by atoms with Crippen molar-refractivity contribution >= 4 is 28.3 Å². The number of thiazole rings is 1. The van der Waals surface area contributed by atoms with Gasteiger partial charge in [0.05, 0.1) is 27.3 Å². The van der Waals surface area contributed by atoms with E-state index in [1.54, 1.807) is 11.3 Å². The average molecular weight is 404 g/mol. The summed E-state index contributed by atoms with van der Waals surface area (Å²) in [4.78, 5) is 24.6. The standard InChI is InChI=1S/C22H20N4O2S/c1-14-19-17(12-18(24-20(19)28-25-14)15-6-3-2-4-7-15)22(27)26-10-5-8-16(13-26)21-23-9-11-29-21/h2-4,6-7,9,11-12,16H,5,8,10,13H2,1H3. The van der Waals surface area contributed by atoms with Gasteiger partial charge in [-0.1, -0.05) is 35.5 Å². The van der Waals surface area contributed by atoms with Crippen molar-refractivity contribution < 1.29 is 9.32 Å². The molecular formula is C22H20N4O2S. The normalized spacial score (nSPS) is 17.0. The van der Waals surface area contributed by atoms with E-state index in [-0.39, 0.29) is 5.91 Å². The topological polar surface area (TPSA) is 72.1 Å². The van der Waals surface area contributed by atoms with E-state index in [0.29, 0.717) is 40.5 Å². The molecule has 0 radical (unpaired) electrons. The van der Waals surface area contributed by atoms with Gasteiger partial charge in [0.15, 0.2) is 0 Å². The van der Waals surface area contributed by atoms with E-state index in [1.807, 2.05) is 59.8 Å². The zero-order valence-corrected chi connectivity index (χ0v) is 16.9. The Bertz CT molecular complexity index is 1150. The molecule has 0 N–H and O–H groups in total. The third-order valence-corrected chi connectivity index (χ3v) is 6.36. The maximum absolute atomic E-state index is 13.6. The van der Waals surface area contributed by atoms with Crippen molar-refractivity contribution in [2.45, 2.75) is 25.7 Å². The Morgan fingerprint density at radius 1 is 1.28 bits per heavy atom. The van der Waals surface area contributed by atoms with Crippen LogP contribution in [-0.2, 0) is 0 Å². The number of hydrogen-bond acceptors (Lipinski definition) is 6. The van der Waals surface area contributed by atoms with Crippen LogP contribution in [0.5, 0.6) is 0 Å². The maximum Gasteiger partial charge on any atom is 0.259 e. The van der Waals surface area contributed by atoms with Gasteiger partial charge in [-0.25, -0.2) is 9.97 Å². The molecular weight excluding hydrogens is 384 g/mol. The highest BCUT2D eigenvalue weighted by molar-refractivity contribution is 7.09. The van der Waals surface area contributed by atoms with E-state index in [9.17, 15) is 4.79 Å². The molecule has 0 saturated carbocycles. The Morgan fingerprint density at radius 3 is 2.93 bits per heavy atom. The number of hydrogen-bond donors (Lipinski definition) is 0. The Hall–Kier alpha value is -3.06. The van der Waals surface area contributed by atoms with Gasteiger partial charge in [-0.15, -0.1) is 11.3 Å². The number of benzene rings is 1. The van der Waals surface area contributed by atoms with E-state index in [1.165, 1.54) is 0 Å². The molecule has 0 aliphatic carbocycles. The Labute approximate surface area is 172 Å². The molecule has 146 valence electrons. The van der Waals surface area contributed by atoms with Crippen molar-refractivity contribution in [3.63, 3.8) is 0 Å². The summed E-state index contributed by atoms with van der Waals surface area (Å²) in [5.74, 6) is 0.296. The SMILES string of the molecule is Cc1noc2nc(-c3ccccc3)cc(C(=O)N3CCCC(c4nccs4)C3)c12. The highest BCUT2D eigenvalue weighted by Gasteiger charge is 2.29. The van der Waals surface area contributed by atoms with Crippen molar-refractivity contribution in [3.8, 4) is 11.3 Å². The minimum Gasteiger partial charge on any atom is -0.338 e. The summed E-state index contributed by atoms with van der Waals surface area (Å²) in [6, 6.07) is 11.7. The second-order valence-electron chi connectivity index (χ2n) is 7.33. The van der Waals surface area contributed by atoms with Crippen LogP contribution < -0.4 is 0 Å². The number of aryl methyl sites for hydroxylation is 1. The molecule has 1 saturated heterocycles. The van der Waals surface area contributed by atoms with E-state index < -0.39 is 0 Å². The predicted octanol–water partition coefficient (Wildman–Crippen LogP) is 4.67. The first-order chi connectivity index (χ1) is 14.2. The first-order valence-electron chi connectivity index (χ1n) is 9.72. The second kappa shape index (κ2) is 7.40. The number of likely N-dealkylation sites (tertiary alicyclic amines) is 1. The lowest BCUT2D eigenvalue weighted by Crippen LogP contribution is -2.39. The summed E-state index contributed by atoms with van der Waals surface area (Å²) in [5.41, 5.74) is 3.35. The lowest BCUT2D eigenvalue weighted by molar-refractivity contribution is 0.0709. The number of amides is 1. The molecule has 1 aromatic carbocycles. The highest BCUT2D eigenvalue weighted by atomic mass is 32.1. The summed E-state index contributed by atoms with van der Waals surface area (Å²) in [6.45, 7) is 3.28. The van der Waals surface area contributed by atoms with Crippen molar-refractivity contribution in [2.75, 3.05) is 13.1 Å². The van der Waals surface area contributed by atoms with Crippen LogP contribution in [0, 0.1) is 6.92 Å². The van der Waals surface area contributed by atoms with Crippen molar-refractivity contribution in [1.29, 1.82) is 0 Å². The zero-order chi connectivity index (χ0) is 19.8. The molecule has 6 nitrogen and oxygen atoms in total. The van der Waals surface area contributed by atoms with Crippen molar-refractivity contribution in [3.05, 3.63) is 64.2 Å². The molecule has 1 atom stereocenters. The summed E-state index contributed by atoms with van der Waals surface area (Å²) >= 11 is 1.66. The quantitative estimate of drug-likeness (QED) is 0.496. The highest BCUT2D eigenvalue weighted by Crippen LogP contribution is 2.32. The van der Waals surface area contributed by atoms with E-state index in [2.05, 4.69) is 15.1 Å². The fourth-order valence-corrected chi connectivity index (χ4v) is 4.76. The van der Waals surface area contributed by atoms with Crippen LogP contribution in [0.3, 0.4) is 0 Å². The van der Waals surface area contributed by atoms with Crippen molar-refractivity contribution in [2.24, 2.45) is 0 Å². The molecule has 1 amide bonds. The zero-order valence-electron chi connectivity index (χ0n) is 16.0. The predicted molar refractivity (Wildman–Crippen MR) is 112 cm³/mol. The van der Waals surface area contributed by atoms with Gasteiger partial charge in [0, 0.05) is 36.1 Å². The summed E-state index contributed by atoms with van der Waals surface area (Å²) in [7, 11) is 0. The monoisotopic (exact) mass is 404 g/mol. The minimum absolute atomic E-state index is 0.00198. The lowest BCUT2D eigenvalue weighted by Gasteiger charge is -2.32. The minimum atomic E-state index is 0.00198. The number of pyridine rings is 1. The van der Waals surface area contributed by atoms with E-state index >= 15 is 0 Å². The van der Waals surface area contributed by atoms with Crippen LogP contribution in [-0.4, -0.2) is 39.0 Å². The van der Waals surface area contributed by atoms with Crippen molar-refractivity contribution in [1.82, 2.24) is 20.0 Å². The van der Waals surface area contributed by atoms with Gasteiger partial charge in [0.25, 0.3) is 11.6 Å². The second-order valence-corrected chi connectivity index (χ2v) is 8.26. The van der Waals surface area contributed by atoms with Gasteiger partial charge in [-0.05, 0) is 25.8 Å². The molecule has 0 spiro atoms. The average Bonchev–Trinajstić information content (AvgIpc) is 3.44. The summed E-state index contributed by atoms with van der Waals surface area (Å²) in [6.07, 6.45) is 3.86. The first-order valence-corrected chi connectivity index (χ1v) is 10.6. The van der Waals surface area contributed by atoms with Crippen LogP contribution in [0.2, 0.25) is 0 Å². The fourth-order valence-electron chi connectivity index (χ4n) is 3.99. The fraction of sp³-hybridized carbons (Fsp3) is 0.273. The van der Waals surface area contributed by atoms with Gasteiger partial charge in [-0.2, -0.15) is 0 Å². The number of nitrogens with zero attached hydrogens (tertiary/aromatic N) is 4. The molecule has 1 aliphatic rings. The molecule has 7 heteroatoms. The number of carbonyl (C=O) groups excluding carboxylic acids is 1. The molecule has 0 bridgehead atoms. The molecule has 5 rings (SSSR count). The molecule has 1 aliphatic heterocycles. The van der Waals surface area contributed by atoms with Crippen LogP contribution in [0.15, 0.2) is 52.5 Å². The summed E-state index contributed by atoms with van der Waals surface area (Å²) in [5, 5.41) is 7.86. The van der Waals surface area contributed by atoms with Gasteiger partial charge in [-0.3, -0.25) is 4.79 Å². The van der Waals surface area contributed by atoms with Gasteiger partial charge >= 0.3 is 0 Å². The number of carbonyl (C=O) groups is 1. The van der Waals surface area contributed by atoms with Crippen LogP contribution in [0.4, 0.5) is 0 Å². The smallest absolute Gasteiger partial charge is 0.259 e. The molecule has 1 unspecified atom stereocenters. The van der Waals surface area contributed by atoms with Crippen LogP contribution >= 0.6 is 11.3 Å². The van der Waals surface area contributed by atoms with Gasteiger partial charge in [0.1, 0.15) is 0 Å². The van der Waals surface area contributed by atoms with Gasteiger partial charge < -0.3 is 9.42 Å². The Kier molecular flexibility index (Phi) is 4.60. The van der Waals surface area contributed by atoms with Crippen LogP contribution in [0.1, 0.15) is 39.8 Å². The number of piperidine rings is 1. The molecule has 29 heavy (non-hydrogen) atoms. The third-order valence-electron chi connectivity index (χ3n) is 5.43. The largest absolute Gasteiger partial charge is 0.338 e. The number of fused-ring (bicyclic) bond motifs is 1.